The third kappa shape index (κ3) is 4.17. The van der Waals surface area contributed by atoms with Crippen molar-refractivity contribution in [3.63, 3.8) is 0 Å². The zero-order chi connectivity index (χ0) is 18.7. The zero-order valence-corrected chi connectivity index (χ0v) is 15.4. The average Bonchev–Trinajstić information content (AvgIpc) is 2.64. The lowest BCUT2D eigenvalue weighted by Crippen LogP contribution is -2.48. The van der Waals surface area contributed by atoms with Crippen LogP contribution < -0.4 is 0 Å². The summed E-state index contributed by atoms with van der Waals surface area (Å²) in [6.07, 6.45) is 0. The van der Waals surface area contributed by atoms with Crippen LogP contribution in [0.5, 0.6) is 0 Å². The Morgan fingerprint density at radius 3 is 2.31 bits per heavy atom. The zero-order valence-electron chi connectivity index (χ0n) is 14.6. The normalized spacial score (nSPS) is 16.5. The molecule has 1 fully saturated rings. The fraction of sp³-hybridized carbons (Fsp3) is 0.316. The molecule has 7 heteroatoms. The number of rotatable bonds is 5. The maximum Gasteiger partial charge on any atom is 0.243 e. The molecule has 0 saturated carbocycles. The Hall–Kier alpha value is -2.09. The van der Waals surface area contributed by atoms with E-state index in [4.69, 9.17) is 0 Å². The number of hydrogen-bond donors (Lipinski definition) is 0. The third-order valence-corrected chi connectivity index (χ3v) is 6.42. The molecule has 0 radical (unpaired) electrons. The fourth-order valence-corrected chi connectivity index (χ4v) is 4.47. The predicted molar refractivity (Wildman–Crippen MR) is 96.9 cm³/mol. The summed E-state index contributed by atoms with van der Waals surface area (Å²) < 4.78 is 40.1. The largest absolute Gasteiger partial charge is 0.296 e. The van der Waals surface area contributed by atoms with Crippen molar-refractivity contribution in [1.82, 2.24) is 9.21 Å². The molecule has 3 rings (SSSR count). The van der Waals surface area contributed by atoms with Gasteiger partial charge in [-0.3, -0.25) is 9.69 Å². The van der Waals surface area contributed by atoms with E-state index in [1.165, 1.54) is 35.5 Å². The van der Waals surface area contributed by atoms with E-state index in [0.717, 1.165) is 5.56 Å². The van der Waals surface area contributed by atoms with Crippen LogP contribution in [0.2, 0.25) is 0 Å². The fourth-order valence-electron chi connectivity index (χ4n) is 3.00. The van der Waals surface area contributed by atoms with E-state index in [9.17, 15) is 17.6 Å². The van der Waals surface area contributed by atoms with Gasteiger partial charge in [0.15, 0.2) is 5.78 Å². The molecule has 0 N–H and O–H groups in total. The summed E-state index contributed by atoms with van der Waals surface area (Å²) in [7, 11) is -3.62. The van der Waals surface area contributed by atoms with Gasteiger partial charge in [-0.25, -0.2) is 12.8 Å². The number of ketones is 1. The van der Waals surface area contributed by atoms with Gasteiger partial charge in [0, 0.05) is 38.3 Å². The van der Waals surface area contributed by atoms with Crippen LogP contribution in [0.4, 0.5) is 4.39 Å². The standard InChI is InChI=1S/C19H21FN2O3S/c1-15(23)17-3-2-4-19(13-17)26(24,25)22-11-9-21(10-12-22)14-16-5-7-18(20)8-6-16/h2-8,13H,9-12,14H2,1H3. The smallest absolute Gasteiger partial charge is 0.243 e. The maximum absolute atomic E-state index is 13.0. The molecule has 0 atom stereocenters. The van der Waals surface area contributed by atoms with Gasteiger partial charge in [-0.15, -0.1) is 0 Å². The minimum Gasteiger partial charge on any atom is -0.296 e. The van der Waals surface area contributed by atoms with Gasteiger partial charge in [0.1, 0.15) is 5.82 Å². The predicted octanol–water partition coefficient (Wildman–Crippen LogP) is 2.53. The van der Waals surface area contributed by atoms with Gasteiger partial charge in [0.25, 0.3) is 0 Å². The van der Waals surface area contributed by atoms with Crippen LogP contribution in [-0.2, 0) is 16.6 Å². The molecular weight excluding hydrogens is 355 g/mol. The number of piperazine rings is 1. The minimum absolute atomic E-state index is 0.150. The number of carbonyl (C=O) groups is 1. The molecule has 26 heavy (non-hydrogen) atoms. The lowest BCUT2D eigenvalue weighted by molar-refractivity contribution is 0.101. The Morgan fingerprint density at radius 2 is 1.69 bits per heavy atom. The molecule has 2 aromatic carbocycles. The number of carbonyl (C=O) groups excluding carboxylic acids is 1. The Labute approximate surface area is 153 Å². The molecule has 1 aliphatic rings. The van der Waals surface area contributed by atoms with Crippen molar-refractivity contribution in [2.45, 2.75) is 18.4 Å². The number of hydrogen-bond acceptors (Lipinski definition) is 4. The molecule has 0 unspecified atom stereocenters. The van der Waals surface area contributed by atoms with E-state index in [1.54, 1.807) is 24.3 Å². The van der Waals surface area contributed by atoms with E-state index < -0.39 is 10.0 Å². The number of sulfonamides is 1. The molecule has 2 aromatic rings. The van der Waals surface area contributed by atoms with Crippen molar-refractivity contribution in [3.05, 3.63) is 65.5 Å². The first kappa shape index (κ1) is 18.7. The molecule has 0 spiro atoms. The molecule has 0 aliphatic carbocycles. The highest BCUT2D eigenvalue weighted by Crippen LogP contribution is 2.20. The van der Waals surface area contributed by atoms with Crippen LogP contribution in [-0.4, -0.2) is 49.6 Å². The second kappa shape index (κ2) is 7.65. The van der Waals surface area contributed by atoms with Gasteiger partial charge >= 0.3 is 0 Å². The Kier molecular flexibility index (Phi) is 5.50. The Balaban J connectivity index is 1.66. The van der Waals surface area contributed by atoms with Gasteiger partial charge in [-0.1, -0.05) is 24.3 Å². The summed E-state index contributed by atoms with van der Waals surface area (Å²) >= 11 is 0. The highest BCUT2D eigenvalue weighted by atomic mass is 32.2. The van der Waals surface area contributed by atoms with Crippen LogP contribution in [0.25, 0.3) is 0 Å². The molecular formula is C19H21FN2O3S. The third-order valence-electron chi connectivity index (χ3n) is 4.53. The molecule has 1 aliphatic heterocycles. The number of nitrogens with zero attached hydrogens (tertiary/aromatic N) is 2. The first-order valence-corrected chi connectivity index (χ1v) is 9.88. The van der Waals surface area contributed by atoms with Gasteiger partial charge in [-0.05, 0) is 36.8 Å². The summed E-state index contributed by atoms with van der Waals surface area (Å²) in [5.41, 5.74) is 1.39. The molecule has 1 saturated heterocycles. The lowest BCUT2D eigenvalue weighted by atomic mass is 10.2. The van der Waals surface area contributed by atoms with E-state index in [0.29, 0.717) is 38.3 Å². The summed E-state index contributed by atoms with van der Waals surface area (Å²) in [5.74, 6) is -0.427. The van der Waals surface area contributed by atoms with E-state index >= 15 is 0 Å². The molecule has 0 aromatic heterocycles. The van der Waals surface area contributed by atoms with E-state index in [-0.39, 0.29) is 16.5 Å². The summed E-state index contributed by atoms with van der Waals surface area (Å²) in [4.78, 5) is 13.8. The van der Waals surface area contributed by atoms with Gasteiger partial charge in [0.05, 0.1) is 4.90 Å². The highest BCUT2D eigenvalue weighted by Gasteiger charge is 2.28. The second-order valence-electron chi connectivity index (χ2n) is 6.39. The summed E-state index contributed by atoms with van der Waals surface area (Å²) in [5, 5.41) is 0. The first-order chi connectivity index (χ1) is 12.4. The molecule has 1 heterocycles. The van der Waals surface area contributed by atoms with Crippen molar-refractivity contribution in [3.8, 4) is 0 Å². The van der Waals surface area contributed by atoms with Crippen LogP contribution in [0.3, 0.4) is 0 Å². The SMILES string of the molecule is CC(=O)c1cccc(S(=O)(=O)N2CCN(Cc3ccc(F)cc3)CC2)c1. The first-order valence-electron chi connectivity index (χ1n) is 8.44. The highest BCUT2D eigenvalue weighted by molar-refractivity contribution is 7.89. The van der Waals surface area contributed by atoms with E-state index in [1.807, 2.05) is 0 Å². The topological polar surface area (TPSA) is 57.7 Å². The van der Waals surface area contributed by atoms with Crippen LogP contribution >= 0.6 is 0 Å². The Morgan fingerprint density at radius 1 is 1.04 bits per heavy atom. The number of halogens is 1. The average molecular weight is 376 g/mol. The van der Waals surface area contributed by atoms with E-state index in [2.05, 4.69) is 4.90 Å². The Bertz CT molecular complexity index is 889. The van der Waals surface area contributed by atoms with Gasteiger partial charge in [-0.2, -0.15) is 4.31 Å². The molecule has 138 valence electrons. The molecule has 5 nitrogen and oxygen atoms in total. The van der Waals surface area contributed by atoms with Crippen molar-refractivity contribution in [2.75, 3.05) is 26.2 Å². The van der Waals surface area contributed by atoms with Crippen molar-refractivity contribution >= 4 is 15.8 Å². The van der Waals surface area contributed by atoms with Crippen molar-refractivity contribution in [1.29, 1.82) is 0 Å². The van der Waals surface area contributed by atoms with Crippen LogP contribution in [0.1, 0.15) is 22.8 Å². The molecule has 0 bridgehead atoms. The lowest BCUT2D eigenvalue weighted by Gasteiger charge is -2.34. The van der Waals surface area contributed by atoms with Crippen LogP contribution in [0, 0.1) is 5.82 Å². The minimum atomic E-state index is -3.62. The van der Waals surface area contributed by atoms with Crippen molar-refractivity contribution < 1.29 is 17.6 Å². The summed E-state index contributed by atoms with van der Waals surface area (Å²) in [6.45, 7) is 4.04. The number of benzene rings is 2. The monoisotopic (exact) mass is 376 g/mol. The maximum atomic E-state index is 13.0. The van der Waals surface area contributed by atoms with Crippen LogP contribution in [0.15, 0.2) is 53.4 Å². The molecule has 0 amide bonds. The van der Waals surface area contributed by atoms with Gasteiger partial charge < -0.3 is 0 Å². The van der Waals surface area contributed by atoms with Gasteiger partial charge in [0.2, 0.25) is 10.0 Å². The van der Waals surface area contributed by atoms with Crippen molar-refractivity contribution in [2.24, 2.45) is 0 Å². The second-order valence-corrected chi connectivity index (χ2v) is 8.33. The summed E-state index contributed by atoms with van der Waals surface area (Å²) in [6, 6.07) is 12.5. The quantitative estimate of drug-likeness (QED) is 0.753. The number of Topliss-reactive ketones (excluding diaryl/α,β-unsaturated/α-hetero) is 1.